The number of hydrogen-bond acceptors (Lipinski definition) is 4. The molecule has 20 heavy (non-hydrogen) atoms. The van der Waals surface area contributed by atoms with E-state index in [4.69, 9.17) is 17.4 Å². The first-order valence-corrected chi connectivity index (χ1v) is 6.60. The van der Waals surface area contributed by atoms with Crippen LogP contribution in [0, 0.1) is 19.7 Å². The molecule has 0 radical (unpaired) electrons. The number of aryl methyl sites for hydroxylation is 2. The van der Waals surface area contributed by atoms with Gasteiger partial charge in [-0.3, -0.25) is 11.3 Å². The summed E-state index contributed by atoms with van der Waals surface area (Å²) in [5, 5.41) is 8.42. The fourth-order valence-electron chi connectivity index (χ4n) is 2.09. The first kappa shape index (κ1) is 14.8. The van der Waals surface area contributed by atoms with Crippen molar-refractivity contribution in [2.24, 2.45) is 5.84 Å². The highest BCUT2D eigenvalue weighted by Crippen LogP contribution is 2.23. The van der Waals surface area contributed by atoms with Crippen LogP contribution in [0.2, 0.25) is 5.02 Å². The molecule has 0 aliphatic rings. The molecule has 1 atom stereocenters. The molecule has 0 saturated carbocycles. The number of hydrogen-bond donors (Lipinski definition) is 2. The van der Waals surface area contributed by atoms with Crippen LogP contribution in [0.1, 0.15) is 28.6 Å². The van der Waals surface area contributed by atoms with E-state index in [1.807, 2.05) is 19.9 Å². The molecule has 0 aliphatic heterocycles. The second kappa shape index (κ2) is 6.26. The van der Waals surface area contributed by atoms with Crippen molar-refractivity contribution in [3.05, 3.63) is 57.6 Å². The minimum absolute atomic E-state index is 0.236. The normalized spacial score (nSPS) is 12.4. The lowest BCUT2D eigenvalue weighted by Crippen LogP contribution is -2.30. The van der Waals surface area contributed by atoms with Gasteiger partial charge in [0.25, 0.3) is 0 Å². The molecule has 1 unspecified atom stereocenters. The highest BCUT2D eigenvalue weighted by molar-refractivity contribution is 6.30. The van der Waals surface area contributed by atoms with Gasteiger partial charge in [-0.2, -0.15) is 10.2 Å². The Hall–Kier alpha value is -1.56. The van der Waals surface area contributed by atoms with Gasteiger partial charge < -0.3 is 0 Å². The fraction of sp³-hybridized carbons (Fsp3) is 0.286. The molecule has 6 heteroatoms. The molecule has 106 valence electrons. The zero-order valence-electron chi connectivity index (χ0n) is 11.3. The monoisotopic (exact) mass is 294 g/mol. The molecule has 0 fully saturated rings. The van der Waals surface area contributed by atoms with Crippen LogP contribution in [0.15, 0.2) is 24.3 Å². The van der Waals surface area contributed by atoms with E-state index < -0.39 is 0 Å². The zero-order chi connectivity index (χ0) is 14.7. The van der Waals surface area contributed by atoms with E-state index >= 15 is 0 Å². The van der Waals surface area contributed by atoms with E-state index in [1.54, 1.807) is 12.1 Å². The van der Waals surface area contributed by atoms with E-state index in [1.165, 1.54) is 6.07 Å². The van der Waals surface area contributed by atoms with E-state index in [0.29, 0.717) is 17.0 Å². The predicted molar refractivity (Wildman–Crippen MR) is 76.7 cm³/mol. The number of nitrogens with zero attached hydrogens (tertiary/aromatic N) is 2. The average molecular weight is 295 g/mol. The SMILES string of the molecule is Cc1cc(C(Cc2ccc(Cl)cc2F)NN)c(C)nn1. The smallest absolute Gasteiger partial charge is 0.127 e. The summed E-state index contributed by atoms with van der Waals surface area (Å²) < 4.78 is 13.9. The van der Waals surface area contributed by atoms with Gasteiger partial charge in [0.15, 0.2) is 0 Å². The third-order valence-corrected chi connectivity index (χ3v) is 3.39. The Morgan fingerprint density at radius 1 is 1.30 bits per heavy atom. The van der Waals surface area contributed by atoms with Crippen molar-refractivity contribution in [1.82, 2.24) is 15.6 Å². The molecule has 1 aromatic carbocycles. The van der Waals surface area contributed by atoms with Gasteiger partial charge in [0, 0.05) is 5.02 Å². The molecule has 0 spiro atoms. The van der Waals surface area contributed by atoms with E-state index in [2.05, 4.69) is 15.6 Å². The molecule has 0 saturated heterocycles. The van der Waals surface area contributed by atoms with Gasteiger partial charge in [0.2, 0.25) is 0 Å². The number of aromatic nitrogens is 2. The number of nitrogens with two attached hydrogens (primary N) is 1. The molecule has 0 bridgehead atoms. The number of nitrogens with one attached hydrogen (secondary N) is 1. The Labute approximate surface area is 122 Å². The summed E-state index contributed by atoms with van der Waals surface area (Å²) in [5.74, 6) is 5.27. The molecule has 2 rings (SSSR count). The van der Waals surface area contributed by atoms with Crippen LogP contribution in [-0.4, -0.2) is 10.2 Å². The van der Waals surface area contributed by atoms with Gasteiger partial charge in [-0.1, -0.05) is 17.7 Å². The van der Waals surface area contributed by atoms with Crippen molar-refractivity contribution in [1.29, 1.82) is 0 Å². The third-order valence-electron chi connectivity index (χ3n) is 3.16. The van der Waals surface area contributed by atoms with Gasteiger partial charge in [0.05, 0.1) is 17.4 Å². The molecule has 2 aromatic rings. The maximum atomic E-state index is 13.9. The van der Waals surface area contributed by atoms with Crippen LogP contribution >= 0.6 is 11.6 Å². The quantitative estimate of drug-likeness (QED) is 0.672. The lowest BCUT2D eigenvalue weighted by atomic mass is 9.98. The molecule has 0 aliphatic carbocycles. The minimum Gasteiger partial charge on any atom is -0.271 e. The molecular formula is C14H16ClFN4. The Kier molecular flexibility index (Phi) is 4.65. The van der Waals surface area contributed by atoms with Crippen LogP contribution in [-0.2, 0) is 6.42 Å². The second-order valence-electron chi connectivity index (χ2n) is 4.69. The number of hydrazine groups is 1. The molecule has 3 N–H and O–H groups in total. The van der Waals surface area contributed by atoms with Crippen LogP contribution in [0.25, 0.3) is 0 Å². The summed E-state index contributed by atoms with van der Waals surface area (Å²) >= 11 is 5.75. The summed E-state index contributed by atoms with van der Waals surface area (Å²) in [7, 11) is 0. The van der Waals surface area contributed by atoms with Crippen LogP contribution in [0.5, 0.6) is 0 Å². The molecule has 4 nitrogen and oxygen atoms in total. The average Bonchev–Trinajstić information content (AvgIpc) is 2.41. The second-order valence-corrected chi connectivity index (χ2v) is 5.12. The number of halogens is 2. The first-order valence-electron chi connectivity index (χ1n) is 6.22. The van der Waals surface area contributed by atoms with E-state index in [-0.39, 0.29) is 11.9 Å². The van der Waals surface area contributed by atoms with Crippen molar-refractivity contribution >= 4 is 11.6 Å². The molecule has 1 aromatic heterocycles. The molecule has 0 amide bonds. The number of benzene rings is 1. The first-order chi connectivity index (χ1) is 9.51. The fourth-order valence-corrected chi connectivity index (χ4v) is 2.25. The molecule has 1 heterocycles. The summed E-state index contributed by atoms with van der Waals surface area (Å²) in [6.45, 7) is 3.71. The van der Waals surface area contributed by atoms with Crippen molar-refractivity contribution in [3.63, 3.8) is 0 Å². The zero-order valence-corrected chi connectivity index (χ0v) is 12.1. The van der Waals surface area contributed by atoms with Gasteiger partial charge >= 0.3 is 0 Å². The Balaban J connectivity index is 2.31. The summed E-state index contributed by atoms with van der Waals surface area (Å²) in [4.78, 5) is 0. The van der Waals surface area contributed by atoms with Gasteiger partial charge in [0.1, 0.15) is 5.82 Å². The standard InChI is InChI=1S/C14H16ClFN4/c1-8-5-12(9(2)20-19-8)14(18-17)6-10-3-4-11(15)7-13(10)16/h3-5,7,14,18H,6,17H2,1-2H3. The Morgan fingerprint density at radius 2 is 2.05 bits per heavy atom. The summed E-state index contributed by atoms with van der Waals surface area (Å²) in [5.41, 5.74) is 5.73. The van der Waals surface area contributed by atoms with Crippen molar-refractivity contribution in [2.45, 2.75) is 26.3 Å². The maximum Gasteiger partial charge on any atom is 0.127 e. The van der Waals surface area contributed by atoms with Crippen LogP contribution in [0.4, 0.5) is 4.39 Å². The Morgan fingerprint density at radius 3 is 2.70 bits per heavy atom. The largest absolute Gasteiger partial charge is 0.271 e. The topological polar surface area (TPSA) is 63.8 Å². The Bertz CT molecular complexity index is 618. The van der Waals surface area contributed by atoms with Crippen molar-refractivity contribution in [2.75, 3.05) is 0 Å². The minimum atomic E-state index is -0.339. The number of rotatable bonds is 4. The van der Waals surface area contributed by atoms with E-state index in [9.17, 15) is 4.39 Å². The van der Waals surface area contributed by atoms with E-state index in [0.717, 1.165) is 17.0 Å². The lowest BCUT2D eigenvalue weighted by Gasteiger charge is -2.18. The predicted octanol–water partition coefficient (Wildman–Crippen LogP) is 2.63. The summed E-state index contributed by atoms with van der Waals surface area (Å²) in [6.07, 6.45) is 0.408. The third kappa shape index (κ3) is 3.30. The van der Waals surface area contributed by atoms with Crippen LogP contribution in [0.3, 0.4) is 0 Å². The van der Waals surface area contributed by atoms with Gasteiger partial charge in [-0.05, 0) is 49.6 Å². The highest BCUT2D eigenvalue weighted by atomic mass is 35.5. The highest BCUT2D eigenvalue weighted by Gasteiger charge is 2.16. The van der Waals surface area contributed by atoms with Crippen LogP contribution < -0.4 is 11.3 Å². The maximum absolute atomic E-state index is 13.9. The molecular weight excluding hydrogens is 279 g/mol. The van der Waals surface area contributed by atoms with Crippen molar-refractivity contribution < 1.29 is 4.39 Å². The van der Waals surface area contributed by atoms with Gasteiger partial charge in [-0.15, -0.1) is 0 Å². The lowest BCUT2D eigenvalue weighted by molar-refractivity contribution is 0.523. The summed E-state index contributed by atoms with van der Waals surface area (Å²) in [6, 6.07) is 6.29. The van der Waals surface area contributed by atoms with Crippen molar-refractivity contribution in [3.8, 4) is 0 Å². The van der Waals surface area contributed by atoms with Gasteiger partial charge in [-0.25, -0.2) is 4.39 Å².